The van der Waals surface area contributed by atoms with Gasteiger partial charge in [0.1, 0.15) is 5.82 Å². The van der Waals surface area contributed by atoms with Crippen LogP contribution in [-0.2, 0) is 7.05 Å². The Hall–Kier alpha value is -3.48. The Morgan fingerprint density at radius 1 is 0.897 bits per heavy atom. The van der Waals surface area contributed by atoms with E-state index in [1.807, 2.05) is 47.7 Å². The van der Waals surface area contributed by atoms with Crippen molar-refractivity contribution in [3.63, 3.8) is 0 Å². The fourth-order valence-corrected chi connectivity index (χ4v) is 3.79. The minimum absolute atomic E-state index is 0.206. The second-order valence-corrected chi connectivity index (χ2v) is 7.60. The van der Waals surface area contributed by atoms with Crippen molar-refractivity contribution in [1.29, 1.82) is 0 Å². The molecule has 0 unspecified atom stereocenters. The average Bonchev–Trinajstić information content (AvgIpc) is 3.13. The molecule has 0 saturated heterocycles. The Kier molecular flexibility index (Phi) is 4.45. The summed E-state index contributed by atoms with van der Waals surface area (Å²) in [5, 5.41) is 12.8. The van der Waals surface area contributed by atoms with E-state index in [4.69, 9.17) is 0 Å². The van der Waals surface area contributed by atoms with E-state index in [1.54, 1.807) is 15.4 Å². The van der Waals surface area contributed by atoms with Crippen molar-refractivity contribution < 1.29 is 4.79 Å². The Morgan fingerprint density at radius 2 is 1.59 bits per heavy atom. The van der Waals surface area contributed by atoms with Gasteiger partial charge in [-0.1, -0.05) is 6.07 Å². The maximum atomic E-state index is 13.3. The Bertz CT molecular complexity index is 1240. The lowest BCUT2D eigenvalue weighted by molar-refractivity contribution is 0.102. The average molecular weight is 388 g/mol. The van der Waals surface area contributed by atoms with Crippen LogP contribution in [0.4, 0.5) is 5.82 Å². The molecule has 0 spiro atoms. The standard InChI is InChI=1S/C22H24N6O/c1-12-7-13(2)9-17(8-12)28-19(11-15(4)25-28)24-22(29)18-10-14(3)23-21-20(18)16(5)26-27(21)6/h7-11H,1-6H3,(H,24,29). The predicted molar refractivity (Wildman–Crippen MR) is 114 cm³/mol. The highest BCUT2D eigenvalue weighted by molar-refractivity contribution is 6.12. The molecule has 0 aliphatic rings. The molecule has 1 N–H and O–H groups in total. The number of carbonyl (C=O) groups excluding carboxylic acids is 1. The summed E-state index contributed by atoms with van der Waals surface area (Å²) in [7, 11) is 1.84. The summed E-state index contributed by atoms with van der Waals surface area (Å²) < 4.78 is 3.48. The monoisotopic (exact) mass is 388 g/mol. The lowest BCUT2D eigenvalue weighted by Gasteiger charge is -2.11. The van der Waals surface area contributed by atoms with E-state index in [0.29, 0.717) is 17.0 Å². The summed E-state index contributed by atoms with van der Waals surface area (Å²) in [5.74, 6) is 0.420. The zero-order valence-electron chi connectivity index (χ0n) is 17.5. The van der Waals surface area contributed by atoms with Crippen LogP contribution in [0, 0.1) is 34.6 Å². The minimum Gasteiger partial charge on any atom is -0.306 e. The largest absolute Gasteiger partial charge is 0.306 e. The molecule has 0 aliphatic carbocycles. The second-order valence-electron chi connectivity index (χ2n) is 7.60. The molecule has 7 heteroatoms. The van der Waals surface area contributed by atoms with Crippen molar-refractivity contribution in [3.8, 4) is 5.69 Å². The molecule has 0 aliphatic heterocycles. The Labute approximate surface area is 169 Å². The van der Waals surface area contributed by atoms with Gasteiger partial charge in [0, 0.05) is 18.8 Å². The number of fused-ring (bicyclic) bond motifs is 1. The number of rotatable bonds is 3. The molecule has 1 amide bonds. The SMILES string of the molecule is Cc1cc(C)cc(-n2nc(C)cc2NC(=O)c2cc(C)nc3c2c(C)nn3C)c1. The summed E-state index contributed by atoms with van der Waals surface area (Å²) in [5.41, 5.74) is 6.83. The molecule has 0 saturated carbocycles. The number of hydrogen-bond donors (Lipinski definition) is 1. The molecular weight excluding hydrogens is 364 g/mol. The molecule has 3 aromatic heterocycles. The van der Waals surface area contributed by atoms with Crippen molar-refractivity contribution in [3.05, 3.63) is 64.1 Å². The molecule has 4 aromatic rings. The van der Waals surface area contributed by atoms with E-state index >= 15 is 0 Å². The van der Waals surface area contributed by atoms with Crippen LogP contribution in [0.1, 0.15) is 38.6 Å². The van der Waals surface area contributed by atoms with E-state index in [0.717, 1.165) is 39.3 Å². The number of pyridine rings is 1. The second kappa shape index (κ2) is 6.84. The Morgan fingerprint density at radius 3 is 2.28 bits per heavy atom. The van der Waals surface area contributed by atoms with Gasteiger partial charge in [0.2, 0.25) is 0 Å². The van der Waals surface area contributed by atoms with E-state index < -0.39 is 0 Å². The number of benzene rings is 1. The number of amides is 1. The topological polar surface area (TPSA) is 77.6 Å². The highest BCUT2D eigenvalue weighted by atomic mass is 16.1. The van der Waals surface area contributed by atoms with Gasteiger partial charge in [-0.3, -0.25) is 9.48 Å². The lowest BCUT2D eigenvalue weighted by Crippen LogP contribution is -2.16. The van der Waals surface area contributed by atoms with Crippen molar-refractivity contribution in [2.24, 2.45) is 7.05 Å². The van der Waals surface area contributed by atoms with E-state index in [9.17, 15) is 4.79 Å². The zero-order chi connectivity index (χ0) is 20.9. The summed E-state index contributed by atoms with van der Waals surface area (Å²) in [6.45, 7) is 9.77. The van der Waals surface area contributed by atoms with Crippen molar-refractivity contribution in [1.82, 2.24) is 24.5 Å². The summed E-state index contributed by atoms with van der Waals surface area (Å²) >= 11 is 0. The van der Waals surface area contributed by atoms with Crippen LogP contribution >= 0.6 is 0 Å². The molecule has 148 valence electrons. The molecule has 29 heavy (non-hydrogen) atoms. The van der Waals surface area contributed by atoms with Gasteiger partial charge < -0.3 is 5.32 Å². The van der Waals surface area contributed by atoms with Crippen LogP contribution in [0.15, 0.2) is 30.3 Å². The molecule has 7 nitrogen and oxygen atoms in total. The van der Waals surface area contributed by atoms with E-state index in [2.05, 4.69) is 38.7 Å². The van der Waals surface area contributed by atoms with E-state index in [-0.39, 0.29) is 5.91 Å². The molecule has 3 heterocycles. The van der Waals surface area contributed by atoms with Gasteiger partial charge in [-0.15, -0.1) is 0 Å². The van der Waals surface area contributed by atoms with Crippen molar-refractivity contribution in [2.75, 3.05) is 5.32 Å². The third-order valence-corrected chi connectivity index (χ3v) is 4.87. The quantitative estimate of drug-likeness (QED) is 0.576. The fourth-order valence-electron chi connectivity index (χ4n) is 3.79. The van der Waals surface area contributed by atoms with Gasteiger partial charge in [-0.05, 0) is 63.9 Å². The zero-order valence-corrected chi connectivity index (χ0v) is 17.5. The maximum absolute atomic E-state index is 13.3. The van der Waals surface area contributed by atoms with Gasteiger partial charge in [-0.25, -0.2) is 9.67 Å². The summed E-state index contributed by atoms with van der Waals surface area (Å²) in [6, 6.07) is 9.89. The number of anilines is 1. The number of nitrogens with zero attached hydrogens (tertiary/aromatic N) is 5. The maximum Gasteiger partial charge on any atom is 0.257 e. The molecule has 0 atom stereocenters. The predicted octanol–water partition coefficient (Wildman–Crippen LogP) is 3.95. The molecule has 4 rings (SSSR count). The number of aromatic nitrogens is 5. The Balaban J connectivity index is 1.78. The third-order valence-electron chi connectivity index (χ3n) is 4.87. The molecule has 1 aromatic carbocycles. The van der Waals surface area contributed by atoms with Crippen LogP contribution in [0.5, 0.6) is 0 Å². The molecule has 0 radical (unpaired) electrons. The van der Waals surface area contributed by atoms with Crippen LogP contribution in [0.25, 0.3) is 16.7 Å². The first-order valence-electron chi connectivity index (χ1n) is 9.50. The number of nitrogens with one attached hydrogen (secondary N) is 1. The first kappa shape index (κ1) is 18.9. The van der Waals surface area contributed by atoms with Crippen LogP contribution in [-0.4, -0.2) is 30.5 Å². The number of aryl methyl sites for hydroxylation is 6. The van der Waals surface area contributed by atoms with Crippen LogP contribution < -0.4 is 5.32 Å². The number of hydrogen-bond acceptors (Lipinski definition) is 4. The highest BCUT2D eigenvalue weighted by Crippen LogP contribution is 2.24. The summed E-state index contributed by atoms with van der Waals surface area (Å²) in [4.78, 5) is 17.8. The van der Waals surface area contributed by atoms with Crippen molar-refractivity contribution in [2.45, 2.75) is 34.6 Å². The third kappa shape index (κ3) is 3.40. The first-order chi connectivity index (χ1) is 13.7. The first-order valence-corrected chi connectivity index (χ1v) is 9.50. The smallest absolute Gasteiger partial charge is 0.257 e. The fraction of sp³-hybridized carbons (Fsp3) is 0.273. The highest BCUT2D eigenvalue weighted by Gasteiger charge is 2.19. The van der Waals surface area contributed by atoms with Crippen LogP contribution in [0.3, 0.4) is 0 Å². The van der Waals surface area contributed by atoms with Crippen LogP contribution in [0.2, 0.25) is 0 Å². The van der Waals surface area contributed by atoms with Gasteiger partial charge >= 0.3 is 0 Å². The van der Waals surface area contributed by atoms with Gasteiger partial charge in [0.05, 0.1) is 28.0 Å². The molecule has 0 bridgehead atoms. The number of carbonyl (C=O) groups is 1. The van der Waals surface area contributed by atoms with Crippen molar-refractivity contribution >= 4 is 22.8 Å². The minimum atomic E-state index is -0.206. The van der Waals surface area contributed by atoms with Gasteiger partial charge in [0.15, 0.2) is 5.65 Å². The lowest BCUT2D eigenvalue weighted by atomic mass is 10.1. The molecule has 0 fully saturated rings. The van der Waals surface area contributed by atoms with E-state index in [1.165, 1.54) is 0 Å². The normalized spacial score (nSPS) is 11.2. The molecular formula is C22H24N6O. The summed E-state index contributed by atoms with van der Waals surface area (Å²) in [6.07, 6.45) is 0. The van der Waals surface area contributed by atoms with Gasteiger partial charge in [-0.2, -0.15) is 10.2 Å². The van der Waals surface area contributed by atoms with Gasteiger partial charge in [0.25, 0.3) is 5.91 Å².